The zero-order chi connectivity index (χ0) is 36.4. The molecule has 0 aliphatic heterocycles. The second-order valence-corrected chi connectivity index (χ2v) is 16.0. The zero-order valence-electron chi connectivity index (χ0n) is 34.5. The molecule has 4 nitrogen and oxygen atoms in total. The largest absolute Gasteiger partial charge is 0.363 e. The number of nitrogens with zero attached hydrogens (tertiary/aromatic N) is 1. The third-order valence-corrected chi connectivity index (χ3v) is 11.0. The van der Waals surface area contributed by atoms with Crippen molar-refractivity contribution in [3.63, 3.8) is 0 Å². The Bertz CT molecular complexity index is 687. The van der Waals surface area contributed by atoms with Gasteiger partial charge in [-0.25, -0.2) is 0 Å². The van der Waals surface area contributed by atoms with Gasteiger partial charge in [0.05, 0.1) is 0 Å². The van der Waals surface area contributed by atoms with Crippen LogP contribution in [0.25, 0.3) is 0 Å². The number of thiocarbonyl (C=S) groups is 1. The van der Waals surface area contributed by atoms with E-state index in [9.17, 15) is 4.79 Å². The smallest absolute Gasteiger partial charge is 0.222 e. The van der Waals surface area contributed by atoms with E-state index in [1.54, 1.807) is 0 Å². The van der Waals surface area contributed by atoms with Crippen molar-refractivity contribution in [2.45, 2.75) is 252 Å². The minimum Gasteiger partial charge on any atom is -0.363 e. The van der Waals surface area contributed by atoms with Crippen LogP contribution in [0.2, 0.25) is 0 Å². The number of nitrogens with one attached hydrogen (secondary N) is 2. The van der Waals surface area contributed by atoms with Gasteiger partial charge in [0.25, 0.3) is 0 Å². The van der Waals surface area contributed by atoms with Gasteiger partial charge in [-0.2, -0.15) is 0 Å². The molecular weight excluding hydrogens is 631 g/mol. The van der Waals surface area contributed by atoms with E-state index in [0.29, 0.717) is 12.3 Å². The van der Waals surface area contributed by atoms with E-state index in [4.69, 9.17) is 12.2 Å². The van der Waals surface area contributed by atoms with Crippen LogP contribution in [0.5, 0.6) is 0 Å². The quantitative estimate of drug-likeness (QED) is 0.0487. The summed E-state index contributed by atoms with van der Waals surface area (Å²) in [5.74, 6) is 0.345. The summed E-state index contributed by atoms with van der Waals surface area (Å²) in [5, 5.41) is 7.53. The average molecular weight is 722 g/mol. The lowest BCUT2D eigenvalue weighted by Gasteiger charge is -2.21. The molecule has 0 saturated heterocycles. The SMILES string of the molecule is CCCCCCCCCCCCCCCCCCNC(=S)NCCCCCC(=O)N(CC)CCCCCCCCCCCCCCCCCC. The van der Waals surface area contributed by atoms with E-state index in [2.05, 4.69) is 36.3 Å². The third kappa shape index (κ3) is 38.4. The molecule has 0 bridgehead atoms. The number of hydrogen-bond donors (Lipinski definition) is 2. The van der Waals surface area contributed by atoms with Crippen LogP contribution in [0.3, 0.4) is 0 Å². The first-order valence-electron chi connectivity index (χ1n) is 22.9. The van der Waals surface area contributed by atoms with Gasteiger partial charge in [0.15, 0.2) is 5.11 Å². The first-order chi connectivity index (χ1) is 24.7. The van der Waals surface area contributed by atoms with Crippen molar-refractivity contribution in [1.82, 2.24) is 15.5 Å². The van der Waals surface area contributed by atoms with Gasteiger partial charge in [0.2, 0.25) is 5.91 Å². The molecular formula is C45H91N3OS. The molecule has 298 valence electrons. The van der Waals surface area contributed by atoms with Gasteiger partial charge >= 0.3 is 0 Å². The van der Waals surface area contributed by atoms with Gasteiger partial charge in [-0.05, 0) is 44.8 Å². The Morgan fingerprint density at radius 1 is 0.400 bits per heavy atom. The van der Waals surface area contributed by atoms with Crippen LogP contribution in [0.1, 0.15) is 252 Å². The number of carbonyl (C=O) groups excluding carboxylic acids is 1. The van der Waals surface area contributed by atoms with E-state index in [1.807, 2.05) is 0 Å². The number of carbonyl (C=O) groups is 1. The fraction of sp³-hybridized carbons (Fsp3) is 0.956. The van der Waals surface area contributed by atoms with Crippen LogP contribution in [-0.4, -0.2) is 42.1 Å². The summed E-state index contributed by atoms with van der Waals surface area (Å²) < 4.78 is 0. The minimum atomic E-state index is 0.345. The number of amides is 1. The molecule has 0 saturated carbocycles. The van der Waals surface area contributed by atoms with Gasteiger partial charge in [-0.1, -0.05) is 213 Å². The van der Waals surface area contributed by atoms with Crippen LogP contribution in [-0.2, 0) is 4.79 Å². The van der Waals surface area contributed by atoms with E-state index in [1.165, 1.54) is 199 Å². The molecule has 0 atom stereocenters. The fourth-order valence-electron chi connectivity index (χ4n) is 7.19. The van der Waals surface area contributed by atoms with Crippen LogP contribution < -0.4 is 10.6 Å². The molecule has 0 aromatic heterocycles. The van der Waals surface area contributed by atoms with Crippen LogP contribution in [0.4, 0.5) is 0 Å². The van der Waals surface area contributed by atoms with Crippen LogP contribution in [0.15, 0.2) is 0 Å². The van der Waals surface area contributed by atoms with E-state index >= 15 is 0 Å². The molecule has 0 rings (SSSR count). The molecule has 0 aliphatic rings. The molecule has 0 aromatic rings. The first-order valence-corrected chi connectivity index (χ1v) is 23.4. The lowest BCUT2D eigenvalue weighted by Crippen LogP contribution is -2.36. The summed E-state index contributed by atoms with van der Waals surface area (Å²) in [6.07, 6.45) is 48.5. The van der Waals surface area contributed by atoms with Crippen molar-refractivity contribution >= 4 is 23.2 Å². The maximum absolute atomic E-state index is 12.7. The maximum Gasteiger partial charge on any atom is 0.222 e. The normalized spacial score (nSPS) is 11.3. The zero-order valence-corrected chi connectivity index (χ0v) is 35.4. The number of rotatable bonds is 41. The predicted octanol–water partition coefficient (Wildman–Crippen LogP) is 14.4. The highest BCUT2D eigenvalue weighted by atomic mass is 32.1. The highest BCUT2D eigenvalue weighted by Gasteiger charge is 2.10. The Balaban J connectivity index is 3.43. The van der Waals surface area contributed by atoms with E-state index in [0.717, 1.165) is 57.0 Å². The van der Waals surface area contributed by atoms with E-state index in [-0.39, 0.29) is 0 Å². The maximum atomic E-state index is 12.7. The Kier molecular flexibility index (Phi) is 41.9. The molecule has 0 spiro atoms. The van der Waals surface area contributed by atoms with Crippen molar-refractivity contribution in [2.75, 3.05) is 26.2 Å². The summed E-state index contributed by atoms with van der Waals surface area (Å²) in [4.78, 5) is 14.8. The predicted molar refractivity (Wildman–Crippen MR) is 228 cm³/mol. The lowest BCUT2D eigenvalue weighted by molar-refractivity contribution is -0.131. The van der Waals surface area contributed by atoms with Gasteiger partial charge in [-0.15, -0.1) is 0 Å². The molecule has 5 heteroatoms. The molecule has 0 fully saturated rings. The fourth-order valence-corrected chi connectivity index (χ4v) is 7.39. The molecule has 1 amide bonds. The molecule has 0 unspecified atom stereocenters. The Hall–Kier alpha value is -0.840. The van der Waals surface area contributed by atoms with Gasteiger partial charge in [0, 0.05) is 32.6 Å². The highest BCUT2D eigenvalue weighted by Crippen LogP contribution is 2.15. The lowest BCUT2D eigenvalue weighted by atomic mass is 10.0. The van der Waals surface area contributed by atoms with Gasteiger partial charge in [0.1, 0.15) is 0 Å². The Morgan fingerprint density at radius 3 is 1.00 bits per heavy atom. The minimum absolute atomic E-state index is 0.345. The van der Waals surface area contributed by atoms with Gasteiger partial charge < -0.3 is 15.5 Å². The molecule has 0 heterocycles. The molecule has 50 heavy (non-hydrogen) atoms. The second kappa shape index (κ2) is 42.6. The Labute approximate surface area is 320 Å². The second-order valence-electron chi connectivity index (χ2n) is 15.6. The summed E-state index contributed by atoms with van der Waals surface area (Å²) in [6, 6.07) is 0. The molecule has 0 aliphatic carbocycles. The number of hydrogen-bond acceptors (Lipinski definition) is 2. The topological polar surface area (TPSA) is 44.4 Å². The van der Waals surface area contributed by atoms with Crippen molar-refractivity contribution in [2.24, 2.45) is 0 Å². The molecule has 0 radical (unpaired) electrons. The standard InChI is InChI=1S/C45H91N3OS/c1-4-7-9-11-13-15-17-19-21-23-25-27-29-31-33-37-41-46-45(50)47-42-38-35-36-40-44(49)48(6-3)43-39-34-32-30-28-26-24-22-20-18-16-14-12-10-8-5-2/h4-43H2,1-3H3,(H2,46,47,50). The van der Waals surface area contributed by atoms with E-state index < -0.39 is 0 Å². The van der Waals surface area contributed by atoms with Crippen molar-refractivity contribution in [3.05, 3.63) is 0 Å². The molecule has 2 N–H and O–H groups in total. The summed E-state index contributed by atoms with van der Waals surface area (Å²) in [7, 11) is 0. The average Bonchev–Trinajstić information content (AvgIpc) is 3.12. The summed E-state index contributed by atoms with van der Waals surface area (Å²) in [5.41, 5.74) is 0. The van der Waals surface area contributed by atoms with Crippen molar-refractivity contribution in [1.29, 1.82) is 0 Å². The summed E-state index contributed by atoms with van der Waals surface area (Å²) in [6.45, 7) is 10.4. The van der Waals surface area contributed by atoms with Crippen molar-refractivity contribution in [3.8, 4) is 0 Å². The van der Waals surface area contributed by atoms with Crippen molar-refractivity contribution < 1.29 is 4.79 Å². The monoisotopic (exact) mass is 722 g/mol. The Morgan fingerprint density at radius 2 is 0.680 bits per heavy atom. The summed E-state index contributed by atoms with van der Waals surface area (Å²) >= 11 is 5.47. The third-order valence-electron chi connectivity index (χ3n) is 10.7. The highest BCUT2D eigenvalue weighted by molar-refractivity contribution is 7.80. The number of unbranched alkanes of at least 4 members (excludes halogenated alkanes) is 32. The van der Waals surface area contributed by atoms with Crippen LogP contribution >= 0.6 is 12.2 Å². The van der Waals surface area contributed by atoms with Crippen LogP contribution in [0, 0.1) is 0 Å². The molecule has 0 aromatic carbocycles. The van der Waals surface area contributed by atoms with Gasteiger partial charge in [-0.3, -0.25) is 4.79 Å². The first kappa shape index (κ1) is 49.2.